The number of aliphatic hydroxyl groups excluding tert-OH is 1. The molecule has 1 saturated heterocycles. The van der Waals surface area contributed by atoms with Gasteiger partial charge in [0.2, 0.25) is 0 Å². The van der Waals surface area contributed by atoms with E-state index in [-0.39, 0.29) is 17.4 Å². The van der Waals surface area contributed by atoms with Gasteiger partial charge in [-0.1, -0.05) is 23.5 Å². The third-order valence-corrected chi connectivity index (χ3v) is 8.17. The number of methoxy groups -OCH3 is 1. The number of fused-ring (bicyclic) bond motifs is 2. The van der Waals surface area contributed by atoms with Crippen molar-refractivity contribution in [3.63, 3.8) is 0 Å². The molecule has 8 nitrogen and oxygen atoms in total. The van der Waals surface area contributed by atoms with Gasteiger partial charge in [0, 0.05) is 12.0 Å². The lowest BCUT2D eigenvalue weighted by atomic mass is 9.94. The molecule has 0 spiro atoms. The van der Waals surface area contributed by atoms with Gasteiger partial charge >= 0.3 is 5.91 Å². The van der Waals surface area contributed by atoms with Gasteiger partial charge in [0.25, 0.3) is 5.78 Å². The molecular weight excluding hydrogens is 528 g/mol. The number of ketones is 1. The largest absolute Gasteiger partial charge is 0.507 e. The molecule has 2 unspecified atom stereocenters. The number of aliphatic hydroxyl groups is 1. The van der Waals surface area contributed by atoms with Crippen molar-refractivity contribution < 1.29 is 28.9 Å². The molecule has 2 aliphatic heterocycles. The predicted molar refractivity (Wildman–Crippen MR) is 154 cm³/mol. The van der Waals surface area contributed by atoms with Crippen LogP contribution in [0.15, 0.2) is 60.2 Å². The Morgan fingerprint density at radius 1 is 1.12 bits per heavy atom. The van der Waals surface area contributed by atoms with Crippen LogP contribution in [0, 0.1) is 6.92 Å². The van der Waals surface area contributed by atoms with Crippen LogP contribution in [0.25, 0.3) is 16.0 Å². The van der Waals surface area contributed by atoms with Crippen molar-refractivity contribution in [2.45, 2.75) is 39.3 Å². The highest BCUT2D eigenvalue weighted by Crippen LogP contribution is 2.46. The van der Waals surface area contributed by atoms with Crippen LogP contribution < -0.4 is 19.1 Å². The van der Waals surface area contributed by atoms with Gasteiger partial charge in [0.1, 0.15) is 17.6 Å². The third-order valence-electron chi connectivity index (χ3n) is 7.16. The van der Waals surface area contributed by atoms with Crippen LogP contribution in [-0.2, 0) is 16.0 Å². The Kier molecular flexibility index (Phi) is 6.46. The normalized spacial score (nSPS) is 19.6. The smallest absolute Gasteiger partial charge is 0.301 e. The summed E-state index contributed by atoms with van der Waals surface area (Å²) in [6.45, 7) is 6.28. The molecule has 2 atom stereocenters. The number of aromatic nitrogens is 1. The first-order valence-corrected chi connectivity index (χ1v) is 13.9. The number of carbonyl (C=O) groups excluding carboxylic acids is 2. The number of carbonyl (C=O) groups is 2. The molecule has 1 amide bonds. The van der Waals surface area contributed by atoms with Crippen LogP contribution in [0.5, 0.6) is 17.2 Å². The molecule has 40 heavy (non-hydrogen) atoms. The molecule has 1 N–H and O–H groups in total. The first-order valence-electron chi connectivity index (χ1n) is 13.1. The fraction of sp³-hybridized carbons (Fsp3) is 0.258. The maximum Gasteiger partial charge on any atom is 0.301 e. The lowest BCUT2D eigenvalue weighted by Crippen LogP contribution is -2.29. The number of hydrogen-bond acceptors (Lipinski definition) is 8. The average molecular weight is 557 g/mol. The molecule has 3 aromatic carbocycles. The van der Waals surface area contributed by atoms with E-state index in [4.69, 9.17) is 19.2 Å². The SMILES string of the molecule is CCOc1ccc(C2/C(=C(\O)c3ccc4c(c3)CC(C)O4)C(=O)C(=O)N2c2nc3ccc(C)cc3s2)cc1OC. The predicted octanol–water partition coefficient (Wildman–Crippen LogP) is 5.96. The molecule has 0 radical (unpaired) electrons. The van der Waals surface area contributed by atoms with Crippen LogP contribution in [0.1, 0.15) is 42.1 Å². The monoisotopic (exact) mass is 556 g/mol. The molecule has 204 valence electrons. The average Bonchev–Trinajstić information content (AvgIpc) is 3.60. The van der Waals surface area contributed by atoms with E-state index in [1.807, 2.05) is 45.0 Å². The van der Waals surface area contributed by atoms with Crippen LogP contribution in [0.4, 0.5) is 5.13 Å². The number of hydrogen-bond donors (Lipinski definition) is 1. The first kappa shape index (κ1) is 25.9. The number of ether oxygens (including phenoxy) is 3. The summed E-state index contributed by atoms with van der Waals surface area (Å²) in [7, 11) is 1.53. The minimum absolute atomic E-state index is 0.0152. The minimum atomic E-state index is -0.935. The molecule has 0 saturated carbocycles. The molecule has 3 heterocycles. The highest BCUT2D eigenvalue weighted by molar-refractivity contribution is 7.22. The topological polar surface area (TPSA) is 98.2 Å². The summed E-state index contributed by atoms with van der Waals surface area (Å²) in [6, 6.07) is 15.5. The Bertz CT molecular complexity index is 1710. The molecule has 9 heteroatoms. The van der Waals surface area contributed by atoms with Crippen molar-refractivity contribution in [1.29, 1.82) is 0 Å². The van der Waals surface area contributed by atoms with Crippen LogP contribution in [0.3, 0.4) is 0 Å². The zero-order valence-corrected chi connectivity index (χ0v) is 23.4. The summed E-state index contributed by atoms with van der Waals surface area (Å²) in [4.78, 5) is 33.4. The molecule has 0 bridgehead atoms. The summed E-state index contributed by atoms with van der Waals surface area (Å²) < 4.78 is 18.0. The van der Waals surface area contributed by atoms with Gasteiger partial charge in [-0.3, -0.25) is 14.5 Å². The quantitative estimate of drug-likeness (QED) is 0.178. The van der Waals surface area contributed by atoms with Gasteiger partial charge in [-0.25, -0.2) is 4.98 Å². The van der Waals surface area contributed by atoms with Gasteiger partial charge in [0.05, 0.1) is 35.5 Å². The number of rotatable bonds is 6. The summed E-state index contributed by atoms with van der Waals surface area (Å²) in [5, 5.41) is 12.0. The molecule has 1 fully saturated rings. The van der Waals surface area contributed by atoms with Gasteiger partial charge in [0.15, 0.2) is 16.6 Å². The van der Waals surface area contributed by atoms with Gasteiger partial charge in [-0.2, -0.15) is 0 Å². The summed E-state index contributed by atoms with van der Waals surface area (Å²) >= 11 is 1.33. The van der Waals surface area contributed by atoms with Gasteiger partial charge in [-0.15, -0.1) is 0 Å². The van der Waals surface area contributed by atoms with E-state index in [1.165, 1.54) is 23.3 Å². The Morgan fingerprint density at radius 2 is 1.95 bits per heavy atom. The van der Waals surface area contributed by atoms with Gasteiger partial charge in [-0.05, 0) is 79.9 Å². The van der Waals surface area contributed by atoms with E-state index < -0.39 is 17.7 Å². The Morgan fingerprint density at radius 3 is 2.73 bits per heavy atom. The summed E-state index contributed by atoms with van der Waals surface area (Å²) in [5.74, 6) is -0.0493. The van der Waals surface area contributed by atoms with Crippen molar-refractivity contribution >= 4 is 44.1 Å². The van der Waals surface area contributed by atoms with Crippen molar-refractivity contribution in [2.75, 3.05) is 18.6 Å². The summed E-state index contributed by atoms with van der Waals surface area (Å²) in [6.07, 6.45) is 0.715. The fourth-order valence-corrected chi connectivity index (χ4v) is 6.41. The Labute approximate surface area is 235 Å². The number of aryl methyl sites for hydroxylation is 1. The van der Waals surface area contributed by atoms with Crippen molar-refractivity contribution in [3.05, 3.63) is 82.4 Å². The Balaban J connectivity index is 1.55. The highest BCUT2D eigenvalue weighted by Gasteiger charge is 2.48. The maximum absolute atomic E-state index is 13.7. The lowest BCUT2D eigenvalue weighted by molar-refractivity contribution is -0.132. The second kappa shape index (κ2) is 9.98. The Hall–Kier alpha value is -4.37. The zero-order valence-electron chi connectivity index (χ0n) is 22.6. The molecule has 0 aliphatic carbocycles. The first-order chi connectivity index (χ1) is 19.3. The fourth-order valence-electron chi connectivity index (χ4n) is 5.32. The van der Waals surface area contributed by atoms with E-state index in [1.54, 1.807) is 30.3 Å². The molecular formula is C31H28N2O6S. The second-order valence-electron chi connectivity index (χ2n) is 9.94. The number of thiazole rings is 1. The van der Waals surface area contributed by atoms with Gasteiger partial charge < -0.3 is 19.3 Å². The number of benzene rings is 3. The summed E-state index contributed by atoms with van der Waals surface area (Å²) in [5.41, 5.74) is 3.73. The molecule has 1 aromatic heterocycles. The molecule has 4 aromatic rings. The maximum atomic E-state index is 13.7. The van der Waals surface area contributed by atoms with Crippen LogP contribution >= 0.6 is 11.3 Å². The van der Waals surface area contributed by atoms with E-state index in [9.17, 15) is 14.7 Å². The van der Waals surface area contributed by atoms with E-state index in [0.717, 1.165) is 27.1 Å². The number of Topliss-reactive ketones (excluding diaryl/α,β-unsaturated/α-hetero) is 1. The van der Waals surface area contributed by atoms with Crippen molar-refractivity contribution in [3.8, 4) is 17.2 Å². The third kappa shape index (κ3) is 4.26. The standard InChI is InChI=1S/C31H28N2O6S/c1-5-38-23-11-7-18(15-24(23)37-4)27-26(28(34)19-8-10-22-20(14-19)13-17(3)39-22)29(35)30(36)33(27)31-32-21-9-6-16(2)12-25(21)40-31/h6-12,14-15,17,27,34H,5,13H2,1-4H3/b28-26+. The highest BCUT2D eigenvalue weighted by atomic mass is 32.1. The molecule has 2 aliphatic rings. The van der Waals surface area contributed by atoms with Crippen LogP contribution in [-0.4, -0.2) is 41.6 Å². The van der Waals surface area contributed by atoms with Crippen molar-refractivity contribution in [1.82, 2.24) is 4.98 Å². The molecule has 6 rings (SSSR count). The second-order valence-corrected chi connectivity index (χ2v) is 10.9. The number of anilines is 1. The van der Waals surface area contributed by atoms with E-state index >= 15 is 0 Å². The number of amides is 1. The number of nitrogens with zero attached hydrogens (tertiary/aromatic N) is 2. The lowest BCUT2D eigenvalue weighted by Gasteiger charge is -2.24. The minimum Gasteiger partial charge on any atom is -0.507 e. The van der Waals surface area contributed by atoms with E-state index in [0.29, 0.717) is 40.8 Å². The van der Waals surface area contributed by atoms with Crippen LogP contribution in [0.2, 0.25) is 0 Å². The van der Waals surface area contributed by atoms with E-state index in [2.05, 4.69) is 0 Å². The zero-order chi connectivity index (χ0) is 28.1. The van der Waals surface area contributed by atoms with Crippen molar-refractivity contribution in [2.24, 2.45) is 0 Å².